The van der Waals surface area contributed by atoms with Crippen LogP contribution in [-0.2, 0) is 22.7 Å². The Morgan fingerprint density at radius 3 is 2.64 bits per heavy atom. The number of imidazole rings is 1. The molecule has 8 nitrogen and oxygen atoms in total. The van der Waals surface area contributed by atoms with Gasteiger partial charge in [0.05, 0.1) is 23.7 Å². The van der Waals surface area contributed by atoms with Crippen LogP contribution in [-0.4, -0.2) is 56.0 Å². The van der Waals surface area contributed by atoms with Gasteiger partial charge in [-0.15, -0.1) is 0 Å². The van der Waals surface area contributed by atoms with Gasteiger partial charge in [0.2, 0.25) is 11.8 Å². The second-order valence-corrected chi connectivity index (χ2v) is 11.0. The van der Waals surface area contributed by atoms with Gasteiger partial charge >= 0.3 is 0 Å². The Morgan fingerprint density at radius 2 is 1.86 bits per heavy atom. The standard InChI is InChI=1S/C28H29N5O3/c34-25-4-3-23(26(35)30-25)32-16-20-13-19(1-2-22(20)27(32)36)24-12-18(11-21-14-29-17-33(21)24)15-31-9-7-28(5-6-28)8-10-31/h1-2,11-14,17,23H,3-10,15-16H2,(H,30,34,35). The van der Waals surface area contributed by atoms with E-state index in [1.54, 1.807) is 4.90 Å². The number of fused-ring (bicyclic) bond motifs is 2. The number of piperidine rings is 2. The van der Waals surface area contributed by atoms with Crippen LogP contribution in [0.3, 0.4) is 0 Å². The van der Waals surface area contributed by atoms with Gasteiger partial charge in [-0.3, -0.25) is 29.0 Å². The van der Waals surface area contributed by atoms with Gasteiger partial charge in [0.1, 0.15) is 6.04 Å². The van der Waals surface area contributed by atoms with Crippen molar-refractivity contribution in [3.8, 4) is 11.3 Å². The average Bonchev–Trinajstić information content (AvgIpc) is 3.31. The largest absolute Gasteiger partial charge is 0.322 e. The normalized spacial score (nSPS) is 23.4. The number of hydrogen-bond donors (Lipinski definition) is 1. The third kappa shape index (κ3) is 3.63. The number of nitrogens with one attached hydrogen (secondary N) is 1. The van der Waals surface area contributed by atoms with Crippen molar-refractivity contribution in [3.63, 3.8) is 0 Å². The van der Waals surface area contributed by atoms with E-state index in [4.69, 9.17) is 0 Å². The average molecular weight is 484 g/mol. The van der Waals surface area contributed by atoms with E-state index in [1.165, 1.54) is 31.2 Å². The molecule has 3 amide bonds. The summed E-state index contributed by atoms with van der Waals surface area (Å²) in [6.07, 6.45) is 9.81. The topological polar surface area (TPSA) is 87.0 Å². The predicted molar refractivity (Wildman–Crippen MR) is 133 cm³/mol. The zero-order chi connectivity index (χ0) is 24.4. The number of imide groups is 1. The maximum Gasteiger partial charge on any atom is 0.255 e. The van der Waals surface area contributed by atoms with Gasteiger partial charge in [0.15, 0.2) is 0 Å². The molecule has 1 N–H and O–H groups in total. The van der Waals surface area contributed by atoms with E-state index in [0.29, 0.717) is 23.9 Å². The van der Waals surface area contributed by atoms with Crippen molar-refractivity contribution in [2.75, 3.05) is 13.1 Å². The molecule has 1 atom stereocenters. The zero-order valence-electron chi connectivity index (χ0n) is 20.2. The second kappa shape index (κ2) is 8.00. The fraction of sp³-hybridized carbons (Fsp3) is 0.429. The van der Waals surface area contributed by atoms with Crippen molar-refractivity contribution < 1.29 is 14.4 Å². The van der Waals surface area contributed by atoms with E-state index in [1.807, 2.05) is 24.7 Å². The molecular weight excluding hydrogens is 454 g/mol. The molecule has 1 unspecified atom stereocenters. The van der Waals surface area contributed by atoms with Crippen LogP contribution in [0.1, 0.15) is 60.0 Å². The van der Waals surface area contributed by atoms with Crippen LogP contribution in [0.15, 0.2) is 42.9 Å². The minimum atomic E-state index is -0.603. The smallest absolute Gasteiger partial charge is 0.255 e. The van der Waals surface area contributed by atoms with E-state index in [2.05, 4.69) is 37.8 Å². The number of carbonyl (C=O) groups is 3. The van der Waals surface area contributed by atoms with E-state index in [9.17, 15) is 14.4 Å². The summed E-state index contributed by atoms with van der Waals surface area (Å²) in [7, 11) is 0. The van der Waals surface area contributed by atoms with Crippen LogP contribution in [0.4, 0.5) is 0 Å². The van der Waals surface area contributed by atoms with Crippen LogP contribution in [0.2, 0.25) is 0 Å². The molecule has 184 valence electrons. The van der Waals surface area contributed by atoms with Gasteiger partial charge in [-0.2, -0.15) is 0 Å². The van der Waals surface area contributed by atoms with Crippen molar-refractivity contribution in [3.05, 3.63) is 59.5 Å². The van der Waals surface area contributed by atoms with Crippen molar-refractivity contribution in [1.82, 2.24) is 24.5 Å². The molecule has 3 aromatic rings. The molecule has 3 fully saturated rings. The number of aromatic nitrogens is 2. The number of pyridine rings is 1. The summed E-state index contributed by atoms with van der Waals surface area (Å²) in [6, 6.07) is 9.78. The third-order valence-electron chi connectivity index (χ3n) is 8.68. The van der Waals surface area contributed by atoms with Gasteiger partial charge in [0, 0.05) is 25.1 Å². The van der Waals surface area contributed by atoms with E-state index in [-0.39, 0.29) is 24.1 Å². The fourth-order valence-electron chi connectivity index (χ4n) is 6.26. The first-order valence-corrected chi connectivity index (χ1v) is 12.9. The maximum atomic E-state index is 13.1. The first-order chi connectivity index (χ1) is 17.5. The Balaban J connectivity index is 1.17. The van der Waals surface area contributed by atoms with Crippen molar-refractivity contribution in [2.24, 2.45) is 5.41 Å². The number of benzene rings is 1. The lowest BCUT2D eigenvalue weighted by Crippen LogP contribution is -2.52. The van der Waals surface area contributed by atoms with Crippen LogP contribution >= 0.6 is 0 Å². The second-order valence-electron chi connectivity index (χ2n) is 11.0. The lowest BCUT2D eigenvalue weighted by molar-refractivity contribution is -0.136. The Morgan fingerprint density at radius 1 is 1.03 bits per heavy atom. The highest BCUT2D eigenvalue weighted by atomic mass is 16.2. The number of amides is 3. The Bertz CT molecular complexity index is 1410. The van der Waals surface area contributed by atoms with Crippen LogP contribution in [0.25, 0.3) is 16.8 Å². The van der Waals surface area contributed by atoms with Gasteiger partial charge in [-0.05, 0) is 91.6 Å². The van der Waals surface area contributed by atoms with Gasteiger partial charge in [0.25, 0.3) is 5.91 Å². The molecule has 1 aliphatic carbocycles. The molecule has 4 aliphatic rings. The summed E-state index contributed by atoms with van der Waals surface area (Å²) in [5.74, 6) is -0.805. The quantitative estimate of drug-likeness (QED) is 0.576. The highest BCUT2D eigenvalue weighted by Crippen LogP contribution is 2.53. The minimum Gasteiger partial charge on any atom is -0.322 e. The third-order valence-corrected chi connectivity index (χ3v) is 8.68. The number of rotatable bonds is 4. The molecule has 0 radical (unpaired) electrons. The summed E-state index contributed by atoms with van der Waals surface area (Å²) in [5.41, 5.74) is 6.60. The van der Waals surface area contributed by atoms with E-state index >= 15 is 0 Å². The van der Waals surface area contributed by atoms with Crippen LogP contribution in [0.5, 0.6) is 0 Å². The number of hydrogen-bond acceptors (Lipinski definition) is 5. The molecule has 7 rings (SSSR count). The molecular formula is C28H29N5O3. The first-order valence-electron chi connectivity index (χ1n) is 12.9. The number of likely N-dealkylation sites (tertiary alicyclic amines) is 1. The summed E-state index contributed by atoms with van der Waals surface area (Å²) >= 11 is 0. The molecule has 5 heterocycles. The Kier molecular flexibility index (Phi) is 4.83. The molecule has 2 saturated heterocycles. The molecule has 1 spiro atoms. The molecule has 2 aromatic heterocycles. The highest BCUT2D eigenvalue weighted by molar-refractivity contribution is 6.05. The molecule has 3 aliphatic heterocycles. The minimum absolute atomic E-state index is 0.147. The van der Waals surface area contributed by atoms with Crippen LogP contribution in [0, 0.1) is 5.41 Å². The van der Waals surface area contributed by atoms with Gasteiger partial charge in [-0.25, -0.2) is 4.98 Å². The molecule has 0 bridgehead atoms. The maximum absolute atomic E-state index is 13.1. The van der Waals surface area contributed by atoms with E-state index in [0.717, 1.165) is 42.0 Å². The van der Waals surface area contributed by atoms with Crippen molar-refractivity contribution in [2.45, 2.75) is 57.7 Å². The Hall–Kier alpha value is -3.52. The summed E-state index contributed by atoms with van der Waals surface area (Å²) < 4.78 is 2.09. The monoisotopic (exact) mass is 483 g/mol. The zero-order valence-corrected chi connectivity index (χ0v) is 20.2. The summed E-state index contributed by atoms with van der Waals surface area (Å²) in [5, 5.41) is 2.37. The lowest BCUT2D eigenvalue weighted by atomic mass is 9.93. The van der Waals surface area contributed by atoms with Crippen LogP contribution < -0.4 is 5.32 Å². The van der Waals surface area contributed by atoms with Crippen molar-refractivity contribution >= 4 is 23.2 Å². The summed E-state index contributed by atoms with van der Waals surface area (Å²) in [6.45, 7) is 3.63. The van der Waals surface area contributed by atoms with Crippen molar-refractivity contribution in [1.29, 1.82) is 0 Å². The lowest BCUT2D eigenvalue weighted by Gasteiger charge is -2.32. The fourth-order valence-corrected chi connectivity index (χ4v) is 6.26. The summed E-state index contributed by atoms with van der Waals surface area (Å²) in [4.78, 5) is 45.6. The van der Waals surface area contributed by atoms with Gasteiger partial charge in [-0.1, -0.05) is 6.07 Å². The predicted octanol–water partition coefficient (Wildman–Crippen LogP) is 3.14. The highest BCUT2D eigenvalue weighted by Gasteiger charge is 2.44. The SMILES string of the molecule is O=C1CCC(N2Cc3cc(-c4cc(CN5CCC6(CC5)CC6)cc5cncn45)ccc3C2=O)C(=O)N1. The molecule has 36 heavy (non-hydrogen) atoms. The molecule has 1 aromatic carbocycles. The van der Waals surface area contributed by atoms with E-state index < -0.39 is 6.04 Å². The molecule has 8 heteroatoms. The Labute approximate surface area is 209 Å². The van der Waals surface area contributed by atoms with Gasteiger partial charge < -0.3 is 4.90 Å². The number of nitrogens with zero attached hydrogens (tertiary/aromatic N) is 4. The molecule has 1 saturated carbocycles. The first kappa shape index (κ1) is 21.7. The number of carbonyl (C=O) groups excluding carboxylic acids is 3.